The van der Waals surface area contributed by atoms with Gasteiger partial charge >= 0.3 is 0 Å². The Morgan fingerprint density at radius 3 is 2.97 bits per heavy atom. The van der Waals surface area contributed by atoms with Gasteiger partial charge in [-0.15, -0.1) is 11.3 Å². The molecule has 0 spiro atoms. The van der Waals surface area contributed by atoms with Crippen LogP contribution in [0.5, 0.6) is 11.5 Å². The smallest absolute Gasteiger partial charge is 0.260 e. The fourth-order valence-corrected chi connectivity index (χ4v) is 5.29. The van der Waals surface area contributed by atoms with Crippen molar-refractivity contribution in [3.05, 3.63) is 63.7 Å². The van der Waals surface area contributed by atoms with Crippen molar-refractivity contribution in [3.63, 3.8) is 0 Å². The molecule has 8 heteroatoms. The lowest BCUT2D eigenvalue weighted by Crippen LogP contribution is -2.26. The molecule has 1 saturated heterocycles. The van der Waals surface area contributed by atoms with Gasteiger partial charge in [0.05, 0.1) is 32.4 Å². The molecule has 3 aromatic heterocycles. The number of nitrogens with one attached hydrogen (secondary N) is 1. The summed E-state index contributed by atoms with van der Waals surface area (Å²) in [6.45, 7) is 1.49. The predicted molar refractivity (Wildman–Crippen MR) is 120 cm³/mol. The summed E-state index contributed by atoms with van der Waals surface area (Å²) < 4.78 is 16.5. The molecule has 1 aliphatic rings. The Balaban J connectivity index is 1.46. The molecule has 0 bridgehead atoms. The van der Waals surface area contributed by atoms with Crippen molar-refractivity contribution >= 4 is 21.6 Å². The van der Waals surface area contributed by atoms with Crippen LogP contribution in [-0.4, -0.2) is 35.6 Å². The molecule has 1 fully saturated rings. The van der Waals surface area contributed by atoms with E-state index in [1.807, 2.05) is 35.7 Å². The summed E-state index contributed by atoms with van der Waals surface area (Å²) in [5.41, 5.74) is 1.74. The van der Waals surface area contributed by atoms with Crippen LogP contribution in [-0.2, 0) is 6.54 Å². The van der Waals surface area contributed by atoms with Gasteiger partial charge in [-0.05, 0) is 49.7 Å². The lowest BCUT2D eigenvalue weighted by molar-refractivity contribution is 0.236. The average molecular weight is 438 g/mol. The third kappa shape index (κ3) is 3.62. The van der Waals surface area contributed by atoms with Crippen LogP contribution in [0.15, 0.2) is 51.2 Å². The molecule has 1 atom stereocenters. The molecule has 0 unspecified atom stereocenters. The summed E-state index contributed by atoms with van der Waals surface area (Å²) >= 11 is 1.46. The van der Waals surface area contributed by atoms with E-state index in [1.54, 1.807) is 20.5 Å². The van der Waals surface area contributed by atoms with Crippen molar-refractivity contribution in [3.8, 4) is 22.8 Å². The number of ether oxygens (including phenoxy) is 2. The first kappa shape index (κ1) is 19.8. The van der Waals surface area contributed by atoms with E-state index in [1.165, 1.54) is 11.3 Å². The number of methoxy groups -OCH3 is 2. The maximum Gasteiger partial charge on any atom is 0.260 e. The standard InChI is InChI=1S/C23H23N3O4S/c1-28-14-7-8-18(29-2)15(11-14)17-5-3-9-26(17)12-20-24-22(27)21-16(13-31-23(21)25-20)19-6-4-10-30-19/h4,6-8,10-11,13,17H,3,5,9,12H2,1-2H3,(H,24,25,27)/t17-/m1/s1. The Kier molecular flexibility index (Phi) is 5.25. The van der Waals surface area contributed by atoms with E-state index in [0.717, 1.165) is 46.8 Å². The number of hydrogen-bond acceptors (Lipinski definition) is 7. The molecule has 0 aliphatic carbocycles. The number of aromatic amines is 1. The maximum atomic E-state index is 12.9. The fraction of sp³-hybridized carbons (Fsp3) is 0.304. The number of hydrogen-bond donors (Lipinski definition) is 1. The Bertz CT molecular complexity index is 1260. The summed E-state index contributed by atoms with van der Waals surface area (Å²) in [5, 5.41) is 2.51. The summed E-state index contributed by atoms with van der Waals surface area (Å²) in [5.74, 6) is 2.99. The van der Waals surface area contributed by atoms with E-state index in [4.69, 9.17) is 18.9 Å². The molecular weight excluding hydrogens is 414 g/mol. The number of furan rings is 1. The third-order valence-electron chi connectivity index (χ3n) is 5.79. The van der Waals surface area contributed by atoms with Crippen LogP contribution in [0.2, 0.25) is 0 Å². The largest absolute Gasteiger partial charge is 0.497 e. The van der Waals surface area contributed by atoms with Crippen molar-refractivity contribution in [1.82, 2.24) is 14.9 Å². The highest BCUT2D eigenvalue weighted by atomic mass is 32.1. The summed E-state index contributed by atoms with van der Waals surface area (Å²) in [6.07, 6.45) is 3.69. The van der Waals surface area contributed by atoms with Crippen LogP contribution in [0.25, 0.3) is 21.5 Å². The number of nitrogens with zero attached hydrogens (tertiary/aromatic N) is 2. The molecule has 5 rings (SSSR count). The minimum Gasteiger partial charge on any atom is -0.497 e. The molecule has 31 heavy (non-hydrogen) atoms. The first-order valence-corrected chi connectivity index (χ1v) is 11.1. The van der Waals surface area contributed by atoms with Gasteiger partial charge in [0.15, 0.2) is 0 Å². The van der Waals surface area contributed by atoms with Crippen molar-refractivity contribution in [2.24, 2.45) is 0 Å². The molecule has 1 aliphatic heterocycles. The minimum absolute atomic E-state index is 0.137. The number of H-pyrrole nitrogens is 1. The van der Waals surface area contributed by atoms with Gasteiger partial charge in [-0.25, -0.2) is 4.98 Å². The molecule has 4 aromatic rings. The van der Waals surface area contributed by atoms with E-state index in [2.05, 4.69) is 9.88 Å². The third-order valence-corrected chi connectivity index (χ3v) is 6.66. The van der Waals surface area contributed by atoms with E-state index in [-0.39, 0.29) is 11.6 Å². The Morgan fingerprint density at radius 1 is 1.29 bits per heavy atom. The molecule has 7 nitrogen and oxygen atoms in total. The van der Waals surface area contributed by atoms with Gasteiger partial charge in [-0.3, -0.25) is 9.69 Å². The second-order valence-corrected chi connectivity index (χ2v) is 8.41. The van der Waals surface area contributed by atoms with Gasteiger partial charge in [-0.1, -0.05) is 0 Å². The van der Waals surface area contributed by atoms with Crippen molar-refractivity contribution in [2.75, 3.05) is 20.8 Å². The molecule has 1 aromatic carbocycles. The van der Waals surface area contributed by atoms with Crippen LogP contribution in [0, 0.1) is 0 Å². The van der Waals surface area contributed by atoms with Crippen LogP contribution < -0.4 is 15.0 Å². The number of thiophene rings is 1. The van der Waals surface area contributed by atoms with E-state index in [9.17, 15) is 4.79 Å². The number of rotatable bonds is 6. The SMILES string of the molecule is COc1ccc(OC)c([C@H]2CCCN2Cc2nc3scc(-c4ccco4)c3c(=O)[nH]2)c1. The summed E-state index contributed by atoms with van der Waals surface area (Å²) in [4.78, 5) is 23.7. The van der Waals surface area contributed by atoms with Crippen molar-refractivity contribution < 1.29 is 13.9 Å². The van der Waals surface area contributed by atoms with Gasteiger partial charge in [-0.2, -0.15) is 0 Å². The fourth-order valence-electron chi connectivity index (χ4n) is 4.34. The molecule has 4 heterocycles. The van der Waals surface area contributed by atoms with E-state index >= 15 is 0 Å². The molecule has 160 valence electrons. The lowest BCUT2D eigenvalue weighted by atomic mass is 10.0. The second kappa shape index (κ2) is 8.20. The quantitative estimate of drug-likeness (QED) is 0.475. The van der Waals surface area contributed by atoms with Gasteiger partial charge in [0.2, 0.25) is 0 Å². The summed E-state index contributed by atoms with van der Waals surface area (Å²) in [6, 6.07) is 9.73. The first-order chi connectivity index (χ1) is 15.2. The first-order valence-electron chi connectivity index (χ1n) is 10.2. The predicted octanol–water partition coefficient (Wildman–Crippen LogP) is 4.60. The highest BCUT2D eigenvalue weighted by Crippen LogP contribution is 2.39. The van der Waals surface area contributed by atoms with Crippen LogP contribution in [0.1, 0.15) is 30.3 Å². The Labute approximate surface area is 183 Å². The van der Waals surface area contributed by atoms with Crippen molar-refractivity contribution in [2.45, 2.75) is 25.4 Å². The number of fused-ring (bicyclic) bond motifs is 1. The van der Waals surface area contributed by atoms with Crippen molar-refractivity contribution in [1.29, 1.82) is 0 Å². The maximum absolute atomic E-state index is 12.9. The van der Waals surface area contributed by atoms with Crippen LogP contribution in [0.4, 0.5) is 0 Å². The van der Waals surface area contributed by atoms with Gasteiger partial charge in [0.1, 0.15) is 27.9 Å². The summed E-state index contributed by atoms with van der Waals surface area (Å²) in [7, 11) is 3.35. The zero-order valence-electron chi connectivity index (χ0n) is 17.4. The van der Waals surface area contributed by atoms with E-state index in [0.29, 0.717) is 23.5 Å². The lowest BCUT2D eigenvalue weighted by Gasteiger charge is -2.26. The van der Waals surface area contributed by atoms with E-state index < -0.39 is 0 Å². The minimum atomic E-state index is -0.137. The average Bonchev–Trinajstić information content (AvgIpc) is 3.53. The van der Waals surface area contributed by atoms with Crippen LogP contribution in [0.3, 0.4) is 0 Å². The van der Waals surface area contributed by atoms with Gasteiger partial charge < -0.3 is 18.9 Å². The number of likely N-dealkylation sites (tertiary alicyclic amines) is 1. The zero-order valence-corrected chi connectivity index (χ0v) is 18.2. The molecule has 0 amide bonds. The molecule has 1 N–H and O–H groups in total. The highest BCUT2D eigenvalue weighted by molar-refractivity contribution is 7.17. The molecular formula is C23H23N3O4S. The van der Waals surface area contributed by atoms with Gasteiger partial charge in [0, 0.05) is 22.5 Å². The Morgan fingerprint density at radius 2 is 2.19 bits per heavy atom. The Hall–Kier alpha value is -3.10. The second-order valence-electron chi connectivity index (χ2n) is 7.56. The molecule has 0 radical (unpaired) electrons. The normalized spacial score (nSPS) is 16.8. The topological polar surface area (TPSA) is 80.6 Å². The monoisotopic (exact) mass is 437 g/mol. The van der Waals surface area contributed by atoms with Gasteiger partial charge in [0.25, 0.3) is 5.56 Å². The highest BCUT2D eigenvalue weighted by Gasteiger charge is 2.29. The zero-order chi connectivity index (χ0) is 21.4. The molecule has 0 saturated carbocycles. The van der Waals surface area contributed by atoms with Crippen LogP contribution >= 0.6 is 11.3 Å². The number of benzene rings is 1. The number of aromatic nitrogens is 2.